The van der Waals surface area contributed by atoms with Crippen molar-refractivity contribution in [1.82, 2.24) is 4.90 Å². The number of allylic oxidation sites excluding steroid dienone is 3. The summed E-state index contributed by atoms with van der Waals surface area (Å²) in [5, 5.41) is 0. The van der Waals surface area contributed by atoms with Gasteiger partial charge in [-0.25, -0.2) is 17.6 Å². The van der Waals surface area contributed by atoms with Crippen LogP contribution in [-0.4, -0.2) is 29.9 Å². The molecule has 0 radical (unpaired) electrons. The molecule has 2 aromatic rings. The Morgan fingerprint density at radius 1 is 0.941 bits per heavy atom. The molecule has 2 N–H and O–H groups in total. The lowest BCUT2D eigenvalue weighted by molar-refractivity contribution is 0.310. The zero-order valence-electron chi connectivity index (χ0n) is 18.5. The number of alkyl halides is 1. The van der Waals surface area contributed by atoms with E-state index < -0.39 is 23.6 Å². The van der Waals surface area contributed by atoms with Crippen molar-refractivity contribution in [2.24, 2.45) is 10.7 Å². The van der Waals surface area contributed by atoms with Crippen LogP contribution >= 0.6 is 0 Å². The Bertz CT molecular complexity index is 1190. The maximum absolute atomic E-state index is 14.2. The molecule has 3 nitrogen and oxygen atoms in total. The van der Waals surface area contributed by atoms with Gasteiger partial charge in [0.25, 0.3) is 0 Å². The zero-order valence-corrected chi connectivity index (χ0v) is 18.5. The largest absolute Gasteiger partial charge is 0.396 e. The van der Waals surface area contributed by atoms with Gasteiger partial charge < -0.3 is 10.6 Å². The zero-order chi connectivity index (χ0) is 24.1. The first-order valence-corrected chi connectivity index (χ1v) is 11.1. The van der Waals surface area contributed by atoms with Crippen molar-refractivity contribution < 1.29 is 17.6 Å². The van der Waals surface area contributed by atoms with Gasteiger partial charge in [-0.15, -0.1) is 0 Å². The van der Waals surface area contributed by atoms with Gasteiger partial charge in [-0.2, -0.15) is 0 Å². The highest BCUT2D eigenvalue weighted by molar-refractivity contribution is 6.08. The van der Waals surface area contributed by atoms with Gasteiger partial charge in [0.15, 0.2) is 17.8 Å². The summed E-state index contributed by atoms with van der Waals surface area (Å²) in [7, 11) is 0. The summed E-state index contributed by atoms with van der Waals surface area (Å²) >= 11 is 0. The molecule has 1 aliphatic heterocycles. The molecule has 1 atom stereocenters. The second-order valence-corrected chi connectivity index (χ2v) is 8.26. The van der Waals surface area contributed by atoms with E-state index in [2.05, 4.69) is 4.99 Å². The lowest BCUT2D eigenvalue weighted by Crippen LogP contribution is -2.19. The lowest BCUT2D eigenvalue weighted by Gasteiger charge is -2.18. The summed E-state index contributed by atoms with van der Waals surface area (Å²) in [6, 6.07) is 11.4. The summed E-state index contributed by atoms with van der Waals surface area (Å²) in [5.41, 5.74) is 9.81. The van der Waals surface area contributed by atoms with Crippen LogP contribution in [-0.2, 0) is 6.54 Å². The molecule has 0 bridgehead atoms. The molecule has 2 aliphatic rings. The molecule has 2 aromatic carbocycles. The number of rotatable bonds is 5. The third-order valence-corrected chi connectivity index (χ3v) is 5.73. The van der Waals surface area contributed by atoms with E-state index in [1.54, 1.807) is 24.4 Å². The standard InChI is InChI=1S/C27H25F4N3/c28-22-12-11-20(14-24(22)30)19-9-7-18(8-10-19)16-34-13-3-6-26(25(32)17-34)33-15-21-4-1-2-5-23(29)27(21)31/h1,3-4,6-12,14,17,23H,2,5,13,15-16,32H2. The molecule has 0 aromatic heterocycles. The third kappa shape index (κ3) is 5.65. The van der Waals surface area contributed by atoms with Crippen LogP contribution in [0.2, 0.25) is 0 Å². The van der Waals surface area contributed by atoms with Gasteiger partial charge in [-0.3, -0.25) is 4.99 Å². The van der Waals surface area contributed by atoms with E-state index in [-0.39, 0.29) is 18.5 Å². The molecule has 176 valence electrons. The van der Waals surface area contributed by atoms with E-state index in [9.17, 15) is 17.6 Å². The van der Waals surface area contributed by atoms with Crippen LogP contribution in [0.3, 0.4) is 0 Å². The van der Waals surface area contributed by atoms with E-state index in [4.69, 9.17) is 5.73 Å². The summed E-state index contributed by atoms with van der Waals surface area (Å²) < 4.78 is 54.7. The Kier molecular flexibility index (Phi) is 7.30. The molecule has 1 unspecified atom stereocenters. The molecule has 1 heterocycles. The number of hydrogen-bond acceptors (Lipinski definition) is 3. The maximum atomic E-state index is 14.2. The monoisotopic (exact) mass is 467 g/mol. The molecule has 0 saturated carbocycles. The minimum absolute atomic E-state index is 0.0163. The van der Waals surface area contributed by atoms with Crippen LogP contribution < -0.4 is 5.73 Å². The van der Waals surface area contributed by atoms with E-state index in [0.717, 1.165) is 17.2 Å². The fourth-order valence-electron chi connectivity index (χ4n) is 3.85. The van der Waals surface area contributed by atoms with E-state index in [1.165, 1.54) is 12.1 Å². The van der Waals surface area contributed by atoms with Crippen molar-refractivity contribution in [3.05, 3.63) is 107 Å². The molecule has 0 amide bonds. The smallest absolute Gasteiger partial charge is 0.159 e. The third-order valence-electron chi connectivity index (χ3n) is 5.73. The minimum Gasteiger partial charge on any atom is -0.396 e. The number of nitrogens with zero attached hydrogens (tertiary/aromatic N) is 2. The number of aliphatic imine (C=N–C) groups is 1. The molecule has 0 fully saturated rings. The normalized spacial score (nSPS) is 19.9. The first-order valence-electron chi connectivity index (χ1n) is 11.1. The van der Waals surface area contributed by atoms with E-state index in [0.29, 0.717) is 36.5 Å². The predicted molar refractivity (Wildman–Crippen MR) is 127 cm³/mol. The second kappa shape index (κ2) is 10.5. The highest BCUT2D eigenvalue weighted by Crippen LogP contribution is 2.24. The highest BCUT2D eigenvalue weighted by atomic mass is 19.2. The van der Waals surface area contributed by atoms with Crippen molar-refractivity contribution in [2.75, 3.05) is 13.1 Å². The Balaban J connectivity index is 1.44. The molecule has 4 rings (SSSR count). The van der Waals surface area contributed by atoms with E-state index in [1.807, 2.05) is 35.2 Å². The fraction of sp³-hybridized carbons (Fsp3) is 0.222. The molecule has 0 spiro atoms. The highest BCUT2D eigenvalue weighted by Gasteiger charge is 2.18. The molecular weight excluding hydrogens is 442 g/mol. The number of nitrogens with two attached hydrogens (primary N) is 1. The van der Waals surface area contributed by atoms with Gasteiger partial charge in [-0.05, 0) is 47.7 Å². The quantitative estimate of drug-likeness (QED) is 0.536. The number of benzene rings is 2. The first-order chi connectivity index (χ1) is 16.4. The summed E-state index contributed by atoms with van der Waals surface area (Å²) in [4.78, 5) is 6.42. The molecule has 7 heteroatoms. The van der Waals surface area contributed by atoms with Crippen LogP contribution in [0.5, 0.6) is 0 Å². The van der Waals surface area contributed by atoms with Crippen LogP contribution in [0.25, 0.3) is 11.1 Å². The second-order valence-electron chi connectivity index (χ2n) is 8.26. The van der Waals surface area contributed by atoms with Crippen molar-refractivity contribution >= 4 is 5.71 Å². The SMILES string of the molecule is NC1=CN(Cc2ccc(-c3ccc(F)c(F)c3)cc2)CC=CC1=NCC1=C(F)C(F)CCC=C1. The average molecular weight is 468 g/mol. The van der Waals surface area contributed by atoms with Gasteiger partial charge in [0.05, 0.1) is 18.0 Å². The Hall–Kier alpha value is -3.61. The lowest BCUT2D eigenvalue weighted by atomic mass is 10.0. The Morgan fingerprint density at radius 3 is 2.47 bits per heavy atom. The molecular formula is C27H25F4N3. The Morgan fingerprint density at radius 2 is 1.71 bits per heavy atom. The predicted octanol–water partition coefficient (Wildman–Crippen LogP) is 6.16. The van der Waals surface area contributed by atoms with Gasteiger partial charge in [0.2, 0.25) is 0 Å². The van der Waals surface area contributed by atoms with Crippen LogP contribution in [0.15, 0.2) is 95.1 Å². The van der Waals surface area contributed by atoms with Gasteiger partial charge in [-0.1, -0.05) is 48.6 Å². The topological polar surface area (TPSA) is 41.6 Å². The van der Waals surface area contributed by atoms with Crippen LogP contribution in [0.1, 0.15) is 18.4 Å². The van der Waals surface area contributed by atoms with E-state index >= 15 is 0 Å². The molecule has 0 saturated heterocycles. The fourth-order valence-corrected chi connectivity index (χ4v) is 3.85. The minimum atomic E-state index is -1.59. The van der Waals surface area contributed by atoms with Crippen LogP contribution in [0.4, 0.5) is 17.6 Å². The average Bonchev–Trinajstić information content (AvgIpc) is 3.10. The van der Waals surface area contributed by atoms with Crippen LogP contribution in [0, 0.1) is 11.6 Å². The summed E-state index contributed by atoms with van der Waals surface area (Å²) in [5.74, 6) is -2.51. The molecule has 1 aliphatic carbocycles. The first kappa shape index (κ1) is 23.5. The summed E-state index contributed by atoms with van der Waals surface area (Å²) in [6.45, 7) is 1.18. The number of halogens is 4. The van der Waals surface area contributed by atoms with Gasteiger partial charge in [0, 0.05) is 24.9 Å². The van der Waals surface area contributed by atoms with Crippen molar-refractivity contribution in [1.29, 1.82) is 0 Å². The Labute approximate surface area is 196 Å². The molecule has 34 heavy (non-hydrogen) atoms. The van der Waals surface area contributed by atoms with Crippen molar-refractivity contribution in [3.63, 3.8) is 0 Å². The van der Waals surface area contributed by atoms with Gasteiger partial charge in [0.1, 0.15) is 5.83 Å². The van der Waals surface area contributed by atoms with Gasteiger partial charge >= 0.3 is 0 Å². The maximum Gasteiger partial charge on any atom is 0.159 e. The van der Waals surface area contributed by atoms with Crippen molar-refractivity contribution in [2.45, 2.75) is 25.6 Å². The van der Waals surface area contributed by atoms with Crippen molar-refractivity contribution in [3.8, 4) is 11.1 Å². The summed E-state index contributed by atoms with van der Waals surface area (Å²) in [6.07, 6.45) is 7.88. The number of hydrogen-bond donors (Lipinski definition) is 1.